The molecular weight excluding hydrogens is 609 g/mol. The van der Waals surface area contributed by atoms with Crippen molar-refractivity contribution in [3.05, 3.63) is 87.1 Å². The second-order valence-electron chi connectivity index (χ2n) is 20.7. The van der Waals surface area contributed by atoms with Crippen LogP contribution in [0.4, 0.5) is 0 Å². The van der Waals surface area contributed by atoms with E-state index < -0.39 is 8.80 Å². The van der Waals surface area contributed by atoms with Crippen molar-refractivity contribution in [2.75, 3.05) is 6.61 Å². The summed E-state index contributed by atoms with van der Waals surface area (Å²) in [5.74, 6) is 2.76. The Morgan fingerprint density at radius 3 is 2.08 bits per heavy atom. The van der Waals surface area contributed by atoms with Crippen LogP contribution < -0.4 is 4.74 Å². The third kappa shape index (κ3) is 6.16. The van der Waals surface area contributed by atoms with Gasteiger partial charge in [0.15, 0.2) is 0 Å². The zero-order valence-electron chi connectivity index (χ0n) is 34.0. The van der Waals surface area contributed by atoms with E-state index in [2.05, 4.69) is 128 Å². The van der Waals surface area contributed by atoms with E-state index in [1.165, 1.54) is 60.9 Å². The van der Waals surface area contributed by atoms with Gasteiger partial charge in [0, 0.05) is 36.7 Å². The molecule has 1 saturated carbocycles. The number of allylic oxidation sites excluding steroid dienone is 8. The van der Waals surface area contributed by atoms with Crippen LogP contribution in [-0.4, -0.2) is 15.4 Å². The van der Waals surface area contributed by atoms with Crippen molar-refractivity contribution in [2.45, 2.75) is 158 Å². The van der Waals surface area contributed by atoms with Crippen LogP contribution in [0.15, 0.2) is 70.4 Å². The monoisotopic (exact) mass is 679 g/mol. The minimum absolute atomic E-state index is 0.00864. The highest BCUT2D eigenvalue weighted by Crippen LogP contribution is 2.71. The molecule has 6 rings (SSSR count). The van der Waals surface area contributed by atoms with Gasteiger partial charge in [-0.3, -0.25) is 0 Å². The van der Waals surface area contributed by atoms with Crippen LogP contribution in [-0.2, 0) is 5.41 Å². The van der Waals surface area contributed by atoms with Gasteiger partial charge < -0.3 is 4.74 Å². The minimum Gasteiger partial charge on any atom is -0.489 e. The van der Waals surface area contributed by atoms with Crippen molar-refractivity contribution in [2.24, 2.45) is 33.5 Å². The lowest BCUT2D eigenvalue weighted by atomic mass is 9.52. The molecule has 1 aromatic rings. The van der Waals surface area contributed by atoms with Crippen molar-refractivity contribution in [1.82, 2.24) is 0 Å². The predicted octanol–water partition coefficient (Wildman–Crippen LogP) is 13.4. The Labute approximate surface area is 303 Å². The van der Waals surface area contributed by atoms with Gasteiger partial charge in [-0.25, -0.2) is 0 Å². The van der Waals surface area contributed by atoms with Crippen LogP contribution >= 0.6 is 0 Å². The zero-order chi connectivity index (χ0) is 36.1. The summed E-state index contributed by atoms with van der Waals surface area (Å²) in [7, 11) is -1.10. The lowest BCUT2D eigenvalue weighted by Crippen LogP contribution is -2.42. The van der Waals surface area contributed by atoms with E-state index in [0.717, 1.165) is 11.3 Å². The molecule has 268 valence electrons. The summed E-state index contributed by atoms with van der Waals surface area (Å²) in [6.45, 7) is 39.5. The maximum atomic E-state index is 6.85. The van der Waals surface area contributed by atoms with Crippen LogP contribution in [0.1, 0.15) is 145 Å². The SMILES string of the molecule is C=CCOc1c(C2CC(C)(C)CC3=C2C2=C4C(=C5CCC(C)(C)CC5C2C3[SiH](CC)CC)C(C)(C)C=CC4(C)C)cc(C)cc1C(C)(C)C. The molecule has 0 amide bonds. The molecule has 0 bridgehead atoms. The molecular formula is C47H70OSi. The van der Waals surface area contributed by atoms with E-state index in [4.69, 9.17) is 4.74 Å². The Hall–Kier alpha value is -2.06. The number of hydrogen-bond donors (Lipinski definition) is 0. The molecule has 0 heterocycles. The third-order valence-corrected chi connectivity index (χ3v) is 17.6. The Bertz CT molecular complexity index is 1640. The summed E-state index contributed by atoms with van der Waals surface area (Å²) < 4.78 is 6.85. The van der Waals surface area contributed by atoms with Gasteiger partial charge in [-0.05, 0) is 94.9 Å². The molecule has 0 aliphatic heterocycles. The fourth-order valence-electron chi connectivity index (χ4n) is 11.5. The first-order valence-electron chi connectivity index (χ1n) is 20.0. The number of aryl methyl sites for hydroxylation is 1. The summed E-state index contributed by atoms with van der Waals surface area (Å²) in [5, 5.41) is 0. The summed E-state index contributed by atoms with van der Waals surface area (Å²) >= 11 is 0. The zero-order valence-corrected chi connectivity index (χ0v) is 35.2. The van der Waals surface area contributed by atoms with E-state index >= 15 is 0 Å². The summed E-state index contributed by atoms with van der Waals surface area (Å²) in [4.78, 5) is 0. The lowest BCUT2D eigenvalue weighted by molar-refractivity contribution is 0.185. The molecule has 1 aromatic carbocycles. The van der Waals surface area contributed by atoms with E-state index in [9.17, 15) is 0 Å². The molecule has 0 aromatic heterocycles. The highest BCUT2D eigenvalue weighted by molar-refractivity contribution is 6.61. The molecule has 5 aliphatic carbocycles. The van der Waals surface area contributed by atoms with Crippen molar-refractivity contribution in [1.29, 1.82) is 0 Å². The summed E-state index contributed by atoms with van der Waals surface area (Å²) in [6, 6.07) is 7.72. The predicted molar refractivity (Wildman–Crippen MR) is 216 cm³/mol. The average Bonchev–Trinajstić information content (AvgIpc) is 3.31. The van der Waals surface area contributed by atoms with Gasteiger partial charge in [-0.2, -0.15) is 0 Å². The van der Waals surface area contributed by atoms with E-state index in [0.29, 0.717) is 29.8 Å². The molecule has 2 heteroatoms. The van der Waals surface area contributed by atoms with Gasteiger partial charge in [-0.1, -0.05) is 156 Å². The summed E-state index contributed by atoms with van der Waals surface area (Å²) in [5.41, 5.74) is 16.3. The quantitative estimate of drug-likeness (QED) is 0.206. The van der Waals surface area contributed by atoms with Crippen molar-refractivity contribution >= 4 is 8.80 Å². The number of benzene rings is 1. The van der Waals surface area contributed by atoms with Gasteiger partial charge in [0.05, 0.1) is 0 Å². The van der Waals surface area contributed by atoms with Crippen LogP contribution in [0.2, 0.25) is 17.6 Å². The third-order valence-electron chi connectivity index (χ3n) is 13.7. The molecule has 1 fully saturated rings. The maximum Gasteiger partial charge on any atom is 0.127 e. The normalized spacial score (nSPS) is 29.4. The van der Waals surface area contributed by atoms with E-state index in [-0.39, 0.29) is 21.7 Å². The van der Waals surface area contributed by atoms with Gasteiger partial charge in [0.25, 0.3) is 0 Å². The topological polar surface area (TPSA) is 9.23 Å². The maximum absolute atomic E-state index is 6.85. The fourth-order valence-corrected chi connectivity index (χ4v) is 15.0. The van der Waals surface area contributed by atoms with Crippen molar-refractivity contribution in [3.8, 4) is 5.75 Å². The van der Waals surface area contributed by atoms with Gasteiger partial charge in [0.2, 0.25) is 0 Å². The van der Waals surface area contributed by atoms with Crippen LogP contribution in [0.3, 0.4) is 0 Å². The molecule has 0 N–H and O–H groups in total. The number of rotatable bonds is 7. The largest absolute Gasteiger partial charge is 0.489 e. The smallest absolute Gasteiger partial charge is 0.127 e. The van der Waals surface area contributed by atoms with E-state index in [1.54, 1.807) is 16.7 Å². The average molecular weight is 679 g/mol. The van der Waals surface area contributed by atoms with Crippen molar-refractivity contribution in [3.63, 3.8) is 0 Å². The Morgan fingerprint density at radius 2 is 1.49 bits per heavy atom. The lowest BCUT2D eigenvalue weighted by Gasteiger charge is -2.53. The molecule has 0 saturated heterocycles. The second kappa shape index (κ2) is 12.3. The van der Waals surface area contributed by atoms with Gasteiger partial charge in [-0.15, -0.1) is 0 Å². The van der Waals surface area contributed by atoms with Gasteiger partial charge >= 0.3 is 0 Å². The Morgan fingerprint density at radius 1 is 0.857 bits per heavy atom. The molecule has 4 atom stereocenters. The molecule has 0 spiro atoms. The Kier molecular flexibility index (Phi) is 9.20. The molecule has 4 unspecified atom stereocenters. The first kappa shape index (κ1) is 36.7. The highest BCUT2D eigenvalue weighted by atomic mass is 28.3. The van der Waals surface area contributed by atoms with Crippen LogP contribution in [0, 0.1) is 40.4 Å². The molecule has 0 radical (unpaired) electrons. The second-order valence-corrected chi connectivity index (χ2v) is 24.6. The van der Waals surface area contributed by atoms with E-state index in [1.807, 2.05) is 22.8 Å². The van der Waals surface area contributed by atoms with Crippen molar-refractivity contribution < 1.29 is 4.74 Å². The van der Waals surface area contributed by atoms with Crippen LogP contribution in [0.5, 0.6) is 5.75 Å². The molecule has 1 nitrogen and oxygen atoms in total. The summed E-state index contributed by atoms with van der Waals surface area (Å²) in [6.07, 6.45) is 13.4. The van der Waals surface area contributed by atoms with Crippen LogP contribution in [0.25, 0.3) is 0 Å². The number of hydrogen-bond acceptors (Lipinski definition) is 1. The molecule has 5 aliphatic rings. The van der Waals surface area contributed by atoms with Gasteiger partial charge in [0.1, 0.15) is 12.4 Å². The Balaban J connectivity index is 1.75. The highest BCUT2D eigenvalue weighted by Gasteiger charge is 2.58. The minimum atomic E-state index is -1.10. The standard InChI is InChI=1S/C47H70OSi/c1-16-23-48-41-31(24-29(4)25-35(41)43(5,6)7)33-27-45(10,11)28-34-36(33)38-37(42(34)49(17-2)18-3)32-26-44(8,9)20-19-30(32)39-40(38)47(14,15)22-21-46(39,12)13/h16,21-22,24-25,32-33,37,42,49H,1,17-20,23,26-28H2,2-15H3. The number of fused-ring (bicyclic) bond motifs is 5. The number of ether oxygens (including phenoxy) is 1. The first-order valence-corrected chi connectivity index (χ1v) is 22.3. The first-order chi connectivity index (χ1) is 22.7. The fraction of sp³-hybridized carbons (Fsp3) is 0.660. The molecule has 49 heavy (non-hydrogen) atoms.